The van der Waals surface area contributed by atoms with Crippen LogP contribution in [0.1, 0.15) is 57.0 Å². The van der Waals surface area contributed by atoms with E-state index in [1.165, 1.54) is 11.3 Å². The molecule has 1 heterocycles. The molecule has 0 radical (unpaired) electrons. The van der Waals surface area contributed by atoms with Gasteiger partial charge in [-0.2, -0.15) is 0 Å². The van der Waals surface area contributed by atoms with Gasteiger partial charge >= 0.3 is 0 Å². The molecule has 1 unspecified atom stereocenters. The summed E-state index contributed by atoms with van der Waals surface area (Å²) in [5.41, 5.74) is 8.41. The molecule has 2 aromatic carbocycles. The van der Waals surface area contributed by atoms with Crippen LogP contribution in [0.4, 0.5) is 5.00 Å². The van der Waals surface area contributed by atoms with Crippen LogP contribution in [0, 0.1) is 6.92 Å². The van der Waals surface area contributed by atoms with E-state index in [-0.39, 0.29) is 12.0 Å². The van der Waals surface area contributed by atoms with E-state index in [2.05, 4.69) is 12.2 Å². The fraction of sp³-hybridized carbons (Fsp3) is 0.250. The highest BCUT2D eigenvalue weighted by molar-refractivity contribution is 7.17. The fourth-order valence-corrected chi connectivity index (χ4v) is 4.31. The standard InChI is InChI=1S/C24H26N2O3S/c1-4-15(2)29-19-12-10-18(11-13-19)23(28)26-24-21(22(25)27)16(3)20(30-24)14-17-8-6-5-7-9-17/h5-13,15H,4,14H2,1-3H3,(H2,25,27)(H,26,28). The number of hydrogen-bond donors (Lipinski definition) is 2. The Balaban J connectivity index is 1.80. The largest absolute Gasteiger partial charge is 0.491 e. The number of anilines is 1. The Kier molecular flexibility index (Phi) is 6.90. The van der Waals surface area contributed by atoms with Crippen molar-refractivity contribution >= 4 is 28.2 Å². The second-order valence-corrected chi connectivity index (χ2v) is 8.30. The molecule has 0 spiro atoms. The van der Waals surface area contributed by atoms with Gasteiger partial charge in [0.25, 0.3) is 11.8 Å². The lowest BCUT2D eigenvalue weighted by Gasteiger charge is -2.12. The van der Waals surface area contributed by atoms with Gasteiger partial charge in [0, 0.05) is 16.9 Å². The van der Waals surface area contributed by atoms with Gasteiger partial charge in [-0.3, -0.25) is 9.59 Å². The van der Waals surface area contributed by atoms with E-state index in [0.717, 1.165) is 28.2 Å². The summed E-state index contributed by atoms with van der Waals surface area (Å²) in [6, 6.07) is 17.0. The summed E-state index contributed by atoms with van der Waals surface area (Å²) in [6.07, 6.45) is 1.69. The van der Waals surface area contributed by atoms with E-state index in [1.807, 2.05) is 44.2 Å². The SMILES string of the molecule is CCC(C)Oc1ccc(C(=O)Nc2sc(Cc3ccccc3)c(C)c2C(N)=O)cc1. The van der Waals surface area contributed by atoms with Crippen LogP contribution in [0.15, 0.2) is 54.6 Å². The third-order valence-corrected chi connectivity index (χ3v) is 6.16. The van der Waals surface area contributed by atoms with Crippen LogP contribution in [-0.4, -0.2) is 17.9 Å². The van der Waals surface area contributed by atoms with Crippen molar-refractivity contribution in [2.45, 2.75) is 39.7 Å². The maximum atomic E-state index is 12.8. The number of carbonyl (C=O) groups excluding carboxylic acids is 2. The van der Waals surface area contributed by atoms with Gasteiger partial charge in [0.1, 0.15) is 10.8 Å². The first kappa shape index (κ1) is 21.6. The monoisotopic (exact) mass is 422 g/mol. The van der Waals surface area contributed by atoms with Crippen molar-refractivity contribution in [2.75, 3.05) is 5.32 Å². The molecule has 156 valence electrons. The van der Waals surface area contributed by atoms with Crippen molar-refractivity contribution in [1.82, 2.24) is 0 Å². The van der Waals surface area contributed by atoms with Crippen molar-refractivity contribution in [3.63, 3.8) is 0 Å². The third-order valence-electron chi connectivity index (χ3n) is 4.96. The molecule has 30 heavy (non-hydrogen) atoms. The van der Waals surface area contributed by atoms with Gasteiger partial charge in [0.2, 0.25) is 0 Å². The molecule has 2 amide bonds. The van der Waals surface area contributed by atoms with Gasteiger partial charge in [-0.15, -0.1) is 11.3 Å². The Morgan fingerprint density at radius 3 is 2.37 bits per heavy atom. The predicted molar refractivity (Wildman–Crippen MR) is 122 cm³/mol. The summed E-state index contributed by atoms with van der Waals surface area (Å²) in [7, 11) is 0. The highest BCUT2D eigenvalue weighted by Crippen LogP contribution is 2.34. The van der Waals surface area contributed by atoms with Gasteiger partial charge in [0.15, 0.2) is 0 Å². The number of benzene rings is 2. The number of thiophene rings is 1. The Morgan fingerprint density at radius 2 is 1.77 bits per heavy atom. The number of hydrogen-bond acceptors (Lipinski definition) is 4. The summed E-state index contributed by atoms with van der Waals surface area (Å²) in [5, 5.41) is 3.35. The number of nitrogens with one attached hydrogen (secondary N) is 1. The first-order valence-corrected chi connectivity index (χ1v) is 10.7. The Morgan fingerprint density at radius 1 is 1.10 bits per heavy atom. The zero-order chi connectivity index (χ0) is 21.7. The first-order chi connectivity index (χ1) is 14.4. The number of rotatable bonds is 8. The van der Waals surface area contributed by atoms with Crippen LogP contribution < -0.4 is 15.8 Å². The van der Waals surface area contributed by atoms with Gasteiger partial charge < -0.3 is 15.8 Å². The molecule has 6 heteroatoms. The zero-order valence-electron chi connectivity index (χ0n) is 17.4. The van der Waals surface area contributed by atoms with Crippen LogP contribution in [0.2, 0.25) is 0 Å². The molecule has 0 saturated heterocycles. The lowest BCUT2D eigenvalue weighted by molar-refractivity contribution is 0.100. The van der Waals surface area contributed by atoms with Crippen LogP contribution >= 0.6 is 11.3 Å². The van der Waals surface area contributed by atoms with Crippen LogP contribution in [-0.2, 0) is 6.42 Å². The first-order valence-electron chi connectivity index (χ1n) is 9.93. The minimum absolute atomic E-state index is 0.111. The number of ether oxygens (including phenoxy) is 1. The van der Waals surface area contributed by atoms with E-state index in [0.29, 0.717) is 22.5 Å². The lowest BCUT2D eigenvalue weighted by atomic mass is 10.1. The smallest absolute Gasteiger partial charge is 0.256 e. The Labute approximate surface area is 180 Å². The van der Waals surface area contributed by atoms with E-state index >= 15 is 0 Å². The van der Waals surface area contributed by atoms with E-state index in [1.54, 1.807) is 24.3 Å². The highest BCUT2D eigenvalue weighted by Gasteiger charge is 2.21. The summed E-state index contributed by atoms with van der Waals surface area (Å²) in [5.74, 6) is -0.119. The topological polar surface area (TPSA) is 81.4 Å². The number of nitrogens with two attached hydrogens (primary N) is 1. The van der Waals surface area contributed by atoms with E-state index < -0.39 is 5.91 Å². The molecule has 3 rings (SSSR count). The minimum Gasteiger partial charge on any atom is -0.491 e. The molecule has 1 atom stereocenters. The molecule has 0 saturated carbocycles. The Hall–Kier alpha value is -3.12. The van der Waals surface area contributed by atoms with Crippen molar-refractivity contribution in [1.29, 1.82) is 0 Å². The number of primary amides is 1. The zero-order valence-corrected chi connectivity index (χ0v) is 18.2. The van der Waals surface area contributed by atoms with Crippen LogP contribution in [0.3, 0.4) is 0 Å². The van der Waals surface area contributed by atoms with Crippen molar-refractivity contribution in [3.05, 3.63) is 81.7 Å². The molecule has 3 N–H and O–H groups in total. The fourth-order valence-electron chi connectivity index (χ4n) is 3.07. The minimum atomic E-state index is -0.546. The average Bonchev–Trinajstić information content (AvgIpc) is 3.03. The quantitative estimate of drug-likeness (QED) is 0.525. The summed E-state index contributed by atoms with van der Waals surface area (Å²) < 4.78 is 5.75. The molecule has 0 aliphatic carbocycles. The average molecular weight is 423 g/mol. The van der Waals surface area contributed by atoms with Crippen LogP contribution in [0.5, 0.6) is 5.75 Å². The van der Waals surface area contributed by atoms with Crippen molar-refractivity contribution < 1.29 is 14.3 Å². The molecule has 0 bridgehead atoms. The molecule has 3 aromatic rings. The number of amides is 2. The summed E-state index contributed by atoms with van der Waals surface area (Å²) >= 11 is 1.39. The molecule has 0 fully saturated rings. The molecule has 0 aliphatic heterocycles. The van der Waals surface area contributed by atoms with Crippen LogP contribution in [0.25, 0.3) is 0 Å². The molecular formula is C24H26N2O3S. The predicted octanol–water partition coefficient (Wildman–Crippen LogP) is 5.18. The van der Waals surface area contributed by atoms with E-state index in [9.17, 15) is 9.59 Å². The normalized spacial score (nSPS) is 11.7. The van der Waals surface area contributed by atoms with Gasteiger partial charge in [0.05, 0.1) is 11.7 Å². The second-order valence-electron chi connectivity index (χ2n) is 7.20. The van der Waals surface area contributed by atoms with Crippen molar-refractivity contribution in [2.24, 2.45) is 5.73 Å². The van der Waals surface area contributed by atoms with Gasteiger partial charge in [-0.1, -0.05) is 37.3 Å². The van der Waals surface area contributed by atoms with Crippen molar-refractivity contribution in [3.8, 4) is 5.75 Å². The number of carbonyl (C=O) groups is 2. The molecular weight excluding hydrogens is 396 g/mol. The third kappa shape index (κ3) is 5.07. The second kappa shape index (κ2) is 9.59. The van der Waals surface area contributed by atoms with Gasteiger partial charge in [-0.25, -0.2) is 0 Å². The highest BCUT2D eigenvalue weighted by atomic mass is 32.1. The van der Waals surface area contributed by atoms with Gasteiger partial charge in [-0.05, 0) is 55.7 Å². The lowest BCUT2D eigenvalue weighted by Crippen LogP contribution is -2.17. The molecule has 5 nitrogen and oxygen atoms in total. The van der Waals surface area contributed by atoms with E-state index in [4.69, 9.17) is 10.5 Å². The summed E-state index contributed by atoms with van der Waals surface area (Å²) in [4.78, 5) is 25.8. The summed E-state index contributed by atoms with van der Waals surface area (Å²) in [6.45, 7) is 5.92. The maximum absolute atomic E-state index is 12.8. The maximum Gasteiger partial charge on any atom is 0.256 e. The molecule has 1 aromatic heterocycles. The Bertz CT molecular complexity index is 1030. The molecule has 0 aliphatic rings.